The molecule has 0 N–H and O–H groups in total. The molecule has 2 rings (SSSR count). The maximum atomic E-state index is 14.4. The van der Waals surface area contributed by atoms with Gasteiger partial charge in [0.1, 0.15) is 29.3 Å². The van der Waals surface area contributed by atoms with Gasteiger partial charge in [0.15, 0.2) is 23.3 Å². The number of benzene rings is 2. The molecule has 0 spiro atoms. The summed E-state index contributed by atoms with van der Waals surface area (Å²) < 4.78 is 95.1. The number of nitriles is 5. The Bertz CT molecular complexity index is 1460. The summed E-state index contributed by atoms with van der Waals surface area (Å²) in [6.45, 7) is 0. The van der Waals surface area contributed by atoms with Gasteiger partial charge in [0.2, 0.25) is 0 Å². The molecule has 0 bridgehead atoms. The Morgan fingerprint density at radius 3 is 1.47 bits per heavy atom. The van der Waals surface area contributed by atoms with Crippen LogP contribution >= 0.6 is 0 Å². The molecule has 2 aromatic carbocycles. The fourth-order valence-electron chi connectivity index (χ4n) is 2.69. The number of alkyl halides is 3. The van der Waals surface area contributed by atoms with Gasteiger partial charge >= 0.3 is 6.18 Å². The van der Waals surface area contributed by atoms with Crippen molar-refractivity contribution in [2.24, 2.45) is 0 Å². The molecular weight excluding hydrogens is 443 g/mol. The van der Waals surface area contributed by atoms with Crippen LogP contribution in [0.3, 0.4) is 0 Å². The first kappa shape index (κ1) is 23.4. The fraction of sp³-hybridized carbons (Fsp3) is 0.0500. The van der Waals surface area contributed by atoms with Crippen molar-refractivity contribution in [1.82, 2.24) is 0 Å². The zero-order valence-corrected chi connectivity index (χ0v) is 15.0. The van der Waals surface area contributed by atoms with Gasteiger partial charge < -0.3 is 0 Å². The second kappa shape index (κ2) is 8.48. The average molecular weight is 445 g/mol. The van der Waals surface area contributed by atoms with E-state index in [4.69, 9.17) is 10.5 Å². The Morgan fingerprint density at radius 1 is 0.656 bits per heavy atom. The van der Waals surface area contributed by atoms with Crippen LogP contribution in [-0.4, -0.2) is 0 Å². The predicted octanol–water partition coefficient (Wildman–Crippen LogP) is 2.93. The van der Waals surface area contributed by atoms with Crippen molar-refractivity contribution < 1.29 is 30.7 Å². The van der Waals surface area contributed by atoms with Crippen LogP contribution < -0.4 is 10.4 Å². The van der Waals surface area contributed by atoms with E-state index in [-0.39, 0.29) is 5.22 Å². The van der Waals surface area contributed by atoms with Crippen molar-refractivity contribution in [3.63, 3.8) is 0 Å². The van der Waals surface area contributed by atoms with Crippen molar-refractivity contribution in [3.8, 4) is 30.3 Å². The fourth-order valence-corrected chi connectivity index (χ4v) is 2.69. The largest absolute Gasteiger partial charge is 0.422 e. The van der Waals surface area contributed by atoms with Crippen molar-refractivity contribution in [3.05, 3.63) is 68.1 Å². The standard InChI is InChI=1S/C20H2F7N5/c21-16-14(17(22)19(24)15(18(16)23)20(25,26)27)13(7-32)12-2-8(3-28)11(1-9(12)4-29)10(5-30)6-31/h1-2H/b13-12-. The number of rotatable bonds is 1. The lowest BCUT2D eigenvalue weighted by molar-refractivity contribution is -0.143. The van der Waals surface area contributed by atoms with E-state index >= 15 is 0 Å². The Morgan fingerprint density at radius 2 is 1.09 bits per heavy atom. The van der Waals surface area contributed by atoms with Gasteiger partial charge in [0.25, 0.3) is 0 Å². The minimum atomic E-state index is -5.81. The summed E-state index contributed by atoms with van der Waals surface area (Å²) in [6.07, 6.45) is -5.81. The van der Waals surface area contributed by atoms with Crippen LogP contribution in [0.2, 0.25) is 0 Å². The predicted molar refractivity (Wildman–Crippen MR) is 89.2 cm³/mol. The van der Waals surface area contributed by atoms with Crippen LogP contribution in [0.25, 0.3) is 11.1 Å². The van der Waals surface area contributed by atoms with Gasteiger partial charge in [-0.05, 0) is 12.1 Å². The van der Waals surface area contributed by atoms with Gasteiger partial charge in [-0.25, -0.2) is 17.6 Å². The molecule has 0 radical (unpaired) electrons. The highest BCUT2D eigenvalue weighted by molar-refractivity contribution is 5.80. The zero-order valence-electron chi connectivity index (χ0n) is 15.0. The first-order chi connectivity index (χ1) is 15.0. The van der Waals surface area contributed by atoms with Gasteiger partial charge in [-0.2, -0.15) is 39.5 Å². The molecule has 0 heterocycles. The highest BCUT2D eigenvalue weighted by Crippen LogP contribution is 2.38. The van der Waals surface area contributed by atoms with E-state index in [1.54, 1.807) is 0 Å². The topological polar surface area (TPSA) is 119 Å². The van der Waals surface area contributed by atoms with Crippen LogP contribution in [0.15, 0.2) is 12.1 Å². The smallest absolute Gasteiger partial charge is 0.203 e. The van der Waals surface area contributed by atoms with Crippen molar-refractivity contribution in [1.29, 1.82) is 26.3 Å². The van der Waals surface area contributed by atoms with E-state index in [0.29, 0.717) is 6.07 Å². The molecule has 0 aliphatic rings. The molecule has 12 heteroatoms. The maximum absolute atomic E-state index is 14.4. The number of halogens is 7. The van der Waals surface area contributed by atoms with E-state index in [9.17, 15) is 46.5 Å². The second-order valence-electron chi connectivity index (χ2n) is 5.76. The lowest BCUT2D eigenvalue weighted by atomic mass is 9.95. The molecule has 0 aliphatic carbocycles. The first-order valence-corrected chi connectivity index (χ1v) is 7.85. The lowest BCUT2D eigenvalue weighted by Gasteiger charge is -2.14. The van der Waals surface area contributed by atoms with E-state index in [1.165, 1.54) is 24.3 Å². The highest BCUT2D eigenvalue weighted by Gasteiger charge is 2.42. The summed E-state index contributed by atoms with van der Waals surface area (Å²) in [5, 5.41) is 44.7. The number of nitrogens with zero attached hydrogens (tertiary/aromatic N) is 5. The summed E-state index contributed by atoms with van der Waals surface area (Å²) in [4.78, 5) is 0. The van der Waals surface area contributed by atoms with Gasteiger partial charge in [-0.15, -0.1) is 0 Å². The van der Waals surface area contributed by atoms with E-state index < -0.39 is 68.1 Å². The Labute approximate surface area is 173 Å². The highest BCUT2D eigenvalue weighted by atomic mass is 19.4. The molecule has 0 unspecified atom stereocenters. The van der Waals surface area contributed by atoms with Crippen LogP contribution in [-0.2, 0) is 6.18 Å². The quantitative estimate of drug-likeness (QED) is 0.494. The Hall–Kier alpha value is -4.86. The molecular formula is C20H2F7N5. The molecule has 0 saturated heterocycles. The number of hydrogen-bond acceptors (Lipinski definition) is 5. The Kier molecular flexibility index (Phi) is 6.21. The van der Waals surface area contributed by atoms with Crippen molar-refractivity contribution in [2.45, 2.75) is 6.18 Å². The van der Waals surface area contributed by atoms with Crippen molar-refractivity contribution >= 4 is 11.1 Å². The van der Waals surface area contributed by atoms with Crippen LogP contribution in [0.1, 0.15) is 22.3 Å². The van der Waals surface area contributed by atoms with Gasteiger partial charge in [-0.3, -0.25) is 0 Å². The minimum Gasteiger partial charge on any atom is -0.203 e. The van der Waals surface area contributed by atoms with Gasteiger partial charge in [-0.1, -0.05) is 0 Å². The lowest BCUT2D eigenvalue weighted by Crippen LogP contribution is -2.23. The number of hydrogen-bond donors (Lipinski definition) is 0. The molecule has 0 amide bonds. The monoisotopic (exact) mass is 445 g/mol. The molecule has 0 fully saturated rings. The second-order valence-corrected chi connectivity index (χ2v) is 5.76. The third-order valence-electron chi connectivity index (χ3n) is 4.07. The molecule has 0 aliphatic heterocycles. The molecule has 5 nitrogen and oxygen atoms in total. The maximum Gasteiger partial charge on any atom is 0.422 e. The van der Waals surface area contributed by atoms with Gasteiger partial charge in [0, 0.05) is 10.4 Å². The average Bonchev–Trinajstić information content (AvgIpc) is 2.75. The molecule has 0 saturated carbocycles. The molecule has 156 valence electrons. The van der Waals surface area contributed by atoms with Crippen molar-refractivity contribution in [2.75, 3.05) is 0 Å². The Balaban J connectivity index is 3.24. The summed E-state index contributed by atoms with van der Waals surface area (Å²) in [5.41, 5.74) is -7.86. The van der Waals surface area contributed by atoms with Gasteiger partial charge in [0.05, 0.1) is 34.4 Å². The van der Waals surface area contributed by atoms with Crippen LogP contribution in [0.5, 0.6) is 0 Å². The van der Waals surface area contributed by atoms with Crippen LogP contribution in [0.4, 0.5) is 30.7 Å². The summed E-state index contributed by atoms with van der Waals surface area (Å²) in [7, 11) is 0. The van der Waals surface area contributed by atoms with Crippen LogP contribution in [0, 0.1) is 79.9 Å². The van der Waals surface area contributed by atoms with E-state index in [1.807, 2.05) is 0 Å². The SMILES string of the molecule is N#CC(C#N)=c1cc(C#N)/c(=C(/C#N)c2c(F)c(F)c(C(F)(F)F)c(F)c2F)cc1C#N. The summed E-state index contributed by atoms with van der Waals surface area (Å²) in [6, 6.07) is 8.36. The minimum absolute atomic E-state index is 0.388. The third kappa shape index (κ3) is 3.67. The first-order valence-electron chi connectivity index (χ1n) is 7.85. The van der Waals surface area contributed by atoms with E-state index in [0.717, 1.165) is 12.1 Å². The molecule has 0 atom stereocenters. The molecule has 32 heavy (non-hydrogen) atoms. The molecule has 2 aromatic rings. The summed E-state index contributed by atoms with van der Waals surface area (Å²) >= 11 is 0. The third-order valence-corrected chi connectivity index (χ3v) is 4.07. The summed E-state index contributed by atoms with van der Waals surface area (Å²) in [5.74, 6) is -10.8. The molecule has 0 aromatic heterocycles. The zero-order chi connectivity index (χ0) is 24.4. The van der Waals surface area contributed by atoms with E-state index in [2.05, 4.69) is 0 Å². The normalized spacial score (nSPS) is 11.3.